The molecule has 0 aliphatic heterocycles. The Balaban J connectivity index is 1.73. The van der Waals surface area contributed by atoms with Gasteiger partial charge in [-0.3, -0.25) is 19.4 Å². The summed E-state index contributed by atoms with van der Waals surface area (Å²) in [5, 5.41) is -0.880. The van der Waals surface area contributed by atoms with Crippen LogP contribution in [0.1, 0.15) is 130 Å². The van der Waals surface area contributed by atoms with Gasteiger partial charge in [-0.15, -0.1) is 0 Å². The van der Waals surface area contributed by atoms with E-state index < -0.39 is 10.6 Å². The number of hydrogen-bond acceptors (Lipinski definition) is 12. The van der Waals surface area contributed by atoms with E-state index in [2.05, 4.69) is 37.5 Å². The van der Waals surface area contributed by atoms with Crippen molar-refractivity contribution < 1.29 is 38.1 Å². The molecular formula is C50H78N4O8S2. The molecule has 0 N–H and O–H groups in total. The van der Waals surface area contributed by atoms with Crippen molar-refractivity contribution in [3.8, 4) is 11.5 Å². The second-order valence-electron chi connectivity index (χ2n) is 15.8. The number of carbonyl (C=O) groups excluding carboxylic acids is 4. The molecule has 0 unspecified atom stereocenters. The van der Waals surface area contributed by atoms with Gasteiger partial charge < -0.3 is 28.7 Å². The van der Waals surface area contributed by atoms with Crippen LogP contribution in [0.15, 0.2) is 69.7 Å². The zero-order valence-electron chi connectivity index (χ0n) is 40.2. The summed E-state index contributed by atoms with van der Waals surface area (Å²) in [7, 11) is 3.24. The molecule has 2 amide bonds. The highest BCUT2D eigenvalue weighted by Gasteiger charge is 2.19. The highest BCUT2D eigenvalue weighted by molar-refractivity contribution is 8.16. The standard InChI is InChI=1S/C50H78N4O8S2/c1-9-51(10-2)37-43-23-27-45(28-24-43)61-49(57)63-47(31-35-59-7)41(5)53(39-55)33-21-19-17-15-13-14-16-18-20-22-34-54(40-56)42(6)48(32-36-60-8)64-50(58)62-46-29-25-44(26-30-46)38-52(11-3)12-4/h23-30,39-40H,9-22,31-38H2,1-8H3/b47-41+,48-42+. The molecule has 358 valence electrons. The summed E-state index contributed by atoms with van der Waals surface area (Å²) >= 11 is 2.03. The third-order valence-electron chi connectivity index (χ3n) is 11.3. The van der Waals surface area contributed by atoms with Gasteiger partial charge in [0.1, 0.15) is 11.5 Å². The van der Waals surface area contributed by atoms with Crippen molar-refractivity contribution in [3.63, 3.8) is 0 Å². The van der Waals surface area contributed by atoms with Crippen molar-refractivity contribution in [1.29, 1.82) is 0 Å². The van der Waals surface area contributed by atoms with Gasteiger partial charge in [-0.2, -0.15) is 0 Å². The Morgan fingerprint density at radius 2 is 0.828 bits per heavy atom. The van der Waals surface area contributed by atoms with Crippen LogP contribution in [0, 0.1) is 0 Å². The second kappa shape index (κ2) is 34.7. The molecule has 0 heterocycles. The molecular weight excluding hydrogens is 849 g/mol. The fraction of sp³-hybridized carbons (Fsp3) is 0.600. The third kappa shape index (κ3) is 23.0. The van der Waals surface area contributed by atoms with Crippen LogP contribution in [0.2, 0.25) is 0 Å². The quantitative estimate of drug-likeness (QED) is 0.0372. The van der Waals surface area contributed by atoms with E-state index >= 15 is 0 Å². The third-order valence-corrected chi connectivity index (χ3v) is 13.3. The number of hydrogen-bond donors (Lipinski definition) is 0. The zero-order valence-corrected chi connectivity index (χ0v) is 41.8. The number of amides is 2. The summed E-state index contributed by atoms with van der Waals surface area (Å²) in [6.45, 7) is 19.9. The van der Waals surface area contributed by atoms with E-state index in [-0.39, 0.29) is 0 Å². The highest BCUT2D eigenvalue weighted by Crippen LogP contribution is 2.30. The maximum absolute atomic E-state index is 13.0. The summed E-state index contributed by atoms with van der Waals surface area (Å²) in [6.07, 6.45) is 13.3. The SMILES string of the molecule is CCN(CC)Cc1ccc(OC(=O)S/C(CCOC)=C(\C)N(C=O)CCCCCCCCCCCCN(C=O)/C(C)=C(\CCOC)SC(=O)Oc2ccc(CN(CC)CC)cc2)cc1. The molecule has 2 rings (SSSR count). The molecule has 0 spiro atoms. The molecule has 14 heteroatoms. The maximum atomic E-state index is 13.0. The first-order chi connectivity index (χ1) is 31.0. The van der Waals surface area contributed by atoms with E-state index in [4.69, 9.17) is 18.9 Å². The van der Waals surface area contributed by atoms with Crippen molar-refractivity contribution in [2.75, 3.05) is 66.7 Å². The predicted molar refractivity (Wildman–Crippen MR) is 263 cm³/mol. The molecule has 2 aromatic rings. The average molecular weight is 927 g/mol. The highest BCUT2D eigenvalue weighted by atomic mass is 32.2. The van der Waals surface area contributed by atoms with E-state index in [1.165, 1.54) is 0 Å². The smallest absolute Gasteiger partial charge is 0.377 e. The summed E-state index contributed by atoms with van der Waals surface area (Å²) in [5.74, 6) is 0.984. The molecule has 0 aliphatic carbocycles. The van der Waals surface area contributed by atoms with Gasteiger partial charge in [-0.1, -0.05) is 103 Å². The summed E-state index contributed by atoms with van der Waals surface area (Å²) < 4.78 is 21.9. The summed E-state index contributed by atoms with van der Waals surface area (Å²) in [4.78, 5) is 59.8. The Kier molecular flexibility index (Phi) is 30.6. The van der Waals surface area contributed by atoms with Gasteiger partial charge in [-0.25, -0.2) is 9.59 Å². The van der Waals surface area contributed by atoms with Crippen LogP contribution in [0.5, 0.6) is 11.5 Å². The Morgan fingerprint density at radius 1 is 0.516 bits per heavy atom. The van der Waals surface area contributed by atoms with E-state index in [1.54, 1.807) is 24.0 Å². The number of allylic oxidation sites excluding steroid dienone is 2. The number of rotatable bonds is 35. The zero-order chi connectivity index (χ0) is 47.0. The molecule has 2 aromatic carbocycles. The number of benzene rings is 2. The largest absolute Gasteiger partial charge is 0.418 e. The van der Waals surface area contributed by atoms with Crippen LogP contribution in [-0.4, -0.2) is 110 Å². The van der Waals surface area contributed by atoms with Crippen LogP contribution in [0.25, 0.3) is 0 Å². The minimum atomic E-state index is -0.440. The second-order valence-corrected chi connectivity index (χ2v) is 17.8. The molecule has 0 atom stereocenters. The van der Waals surface area contributed by atoms with Gasteiger partial charge >= 0.3 is 10.6 Å². The maximum Gasteiger partial charge on any atom is 0.377 e. The molecule has 0 bridgehead atoms. The Hall–Kier alpha value is -3.66. The van der Waals surface area contributed by atoms with Crippen LogP contribution >= 0.6 is 23.5 Å². The summed E-state index contributed by atoms with van der Waals surface area (Å²) in [6, 6.07) is 15.2. The van der Waals surface area contributed by atoms with E-state index in [0.29, 0.717) is 50.6 Å². The number of unbranched alkanes of at least 4 members (excludes halogenated alkanes) is 9. The Morgan fingerprint density at radius 3 is 1.11 bits per heavy atom. The van der Waals surface area contributed by atoms with E-state index in [9.17, 15) is 19.2 Å². The number of carbonyl (C=O) groups is 4. The fourth-order valence-electron chi connectivity index (χ4n) is 7.07. The predicted octanol–water partition coefficient (Wildman–Crippen LogP) is 11.9. The lowest BCUT2D eigenvalue weighted by Crippen LogP contribution is -2.23. The van der Waals surface area contributed by atoms with Gasteiger partial charge in [-0.05, 0) is 112 Å². The van der Waals surface area contributed by atoms with Gasteiger partial charge in [0, 0.05) is 74.4 Å². The first-order valence-electron chi connectivity index (χ1n) is 23.3. The lowest BCUT2D eigenvalue weighted by molar-refractivity contribution is -0.117. The molecule has 0 aromatic heterocycles. The molecule has 12 nitrogen and oxygen atoms in total. The minimum absolute atomic E-state index is 0.428. The lowest BCUT2D eigenvalue weighted by atomic mass is 10.1. The summed E-state index contributed by atoms with van der Waals surface area (Å²) in [5.41, 5.74) is 3.83. The molecule has 64 heavy (non-hydrogen) atoms. The van der Waals surface area contributed by atoms with Crippen molar-refractivity contribution in [1.82, 2.24) is 19.6 Å². The van der Waals surface area contributed by atoms with Gasteiger partial charge in [0.15, 0.2) is 0 Å². The molecule has 0 fully saturated rings. The van der Waals surface area contributed by atoms with Gasteiger partial charge in [0.05, 0.1) is 13.2 Å². The van der Waals surface area contributed by atoms with Crippen molar-refractivity contribution in [2.45, 2.75) is 132 Å². The number of ether oxygens (including phenoxy) is 4. The van der Waals surface area contributed by atoms with Gasteiger partial charge in [0.2, 0.25) is 12.8 Å². The van der Waals surface area contributed by atoms with Crippen LogP contribution in [0.3, 0.4) is 0 Å². The number of thioether (sulfide) groups is 2. The Bertz CT molecular complexity index is 1560. The molecule has 0 aliphatic rings. The molecule has 0 radical (unpaired) electrons. The van der Waals surface area contributed by atoms with Crippen molar-refractivity contribution >= 4 is 46.9 Å². The number of methoxy groups -OCH3 is 2. The normalized spacial score (nSPS) is 12.2. The lowest BCUT2D eigenvalue weighted by Gasteiger charge is -2.21. The van der Waals surface area contributed by atoms with Crippen LogP contribution in [-0.2, 0) is 32.2 Å². The number of nitrogens with zero attached hydrogens (tertiary/aromatic N) is 4. The molecule has 0 saturated heterocycles. The first kappa shape index (κ1) is 56.5. The minimum Gasteiger partial charge on any atom is -0.418 e. The van der Waals surface area contributed by atoms with E-state index in [0.717, 1.165) is 172 Å². The van der Waals surface area contributed by atoms with E-state index in [1.807, 2.05) is 62.4 Å². The average Bonchev–Trinajstić information content (AvgIpc) is 3.30. The topological polar surface area (TPSA) is 118 Å². The van der Waals surface area contributed by atoms with Gasteiger partial charge in [0.25, 0.3) is 0 Å². The first-order valence-corrected chi connectivity index (χ1v) is 24.9. The Labute approximate surface area is 393 Å². The molecule has 0 saturated carbocycles. The van der Waals surface area contributed by atoms with Crippen molar-refractivity contribution in [2.24, 2.45) is 0 Å². The fourth-order valence-corrected chi connectivity index (χ4v) is 8.65. The van der Waals surface area contributed by atoms with Crippen LogP contribution in [0.4, 0.5) is 9.59 Å². The monoisotopic (exact) mass is 927 g/mol. The van der Waals surface area contributed by atoms with Crippen molar-refractivity contribution in [3.05, 3.63) is 80.9 Å². The van der Waals surface area contributed by atoms with Crippen LogP contribution < -0.4 is 9.47 Å².